The van der Waals surface area contributed by atoms with Crippen molar-refractivity contribution in [3.8, 4) is 6.07 Å². The number of hydrogen-bond donors (Lipinski definition) is 1. The van der Waals surface area contributed by atoms with Crippen molar-refractivity contribution in [1.82, 2.24) is 15.1 Å². The van der Waals surface area contributed by atoms with Gasteiger partial charge in [-0.05, 0) is 49.9 Å². The molecule has 0 bridgehead atoms. The summed E-state index contributed by atoms with van der Waals surface area (Å²) in [5.41, 5.74) is -1.13. The molecule has 0 radical (unpaired) electrons. The third-order valence-corrected chi connectivity index (χ3v) is 7.65. The number of nitrogens with zero attached hydrogens (tertiary/aromatic N) is 3. The van der Waals surface area contributed by atoms with Gasteiger partial charge in [0.15, 0.2) is 0 Å². The first-order valence-corrected chi connectivity index (χ1v) is 12.1. The third-order valence-electron chi connectivity index (χ3n) is 7.65. The number of carbonyl (C=O) groups is 4. The lowest BCUT2D eigenvalue weighted by atomic mass is 9.77. The van der Waals surface area contributed by atoms with Crippen LogP contribution in [0.15, 0.2) is 0 Å². The fourth-order valence-electron chi connectivity index (χ4n) is 5.66. The highest BCUT2D eigenvalue weighted by Crippen LogP contribution is 2.44. The maximum absolute atomic E-state index is 14.4. The maximum atomic E-state index is 14.4. The van der Waals surface area contributed by atoms with Crippen LogP contribution in [0, 0.1) is 34.5 Å². The van der Waals surface area contributed by atoms with Gasteiger partial charge in [-0.2, -0.15) is 18.4 Å². The van der Waals surface area contributed by atoms with Crippen LogP contribution in [0.3, 0.4) is 0 Å². The van der Waals surface area contributed by atoms with Gasteiger partial charge in [0.2, 0.25) is 11.8 Å². The number of nitriles is 1. The van der Waals surface area contributed by atoms with Crippen LogP contribution in [0.2, 0.25) is 0 Å². The fraction of sp³-hybridized carbons (Fsp3) is 0.792. The van der Waals surface area contributed by atoms with Gasteiger partial charge in [-0.1, -0.05) is 20.8 Å². The molecule has 0 aromatic carbocycles. The van der Waals surface area contributed by atoms with Crippen LogP contribution < -0.4 is 5.32 Å². The lowest BCUT2D eigenvalue weighted by Crippen LogP contribution is -2.60. The van der Waals surface area contributed by atoms with Crippen LogP contribution in [0.25, 0.3) is 0 Å². The van der Waals surface area contributed by atoms with Gasteiger partial charge in [-0.3, -0.25) is 19.2 Å². The van der Waals surface area contributed by atoms with Crippen molar-refractivity contribution in [2.45, 2.75) is 83.9 Å². The van der Waals surface area contributed by atoms with E-state index in [1.807, 2.05) is 6.07 Å². The van der Waals surface area contributed by atoms with E-state index in [1.165, 1.54) is 32.6 Å². The topological polar surface area (TPSA) is 111 Å². The molecule has 2 aliphatic heterocycles. The van der Waals surface area contributed by atoms with E-state index in [2.05, 4.69) is 0 Å². The van der Waals surface area contributed by atoms with Crippen LogP contribution in [0.4, 0.5) is 17.6 Å². The van der Waals surface area contributed by atoms with E-state index in [0.717, 1.165) is 4.90 Å². The lowest BCUT2D eigenvalue weighted by molar-refractivity contribution is -0.176. The summed E-state index contributed by atoms with van der Waals surface area (Å²) < 4.78 is 53.5. The Hall–Kier alpha value is -2.71. The Balaban J connectivity index is 1.97. The van der Waals surface area contributed by atoms with Gasteiger partial charge in [-0.15, -0.1) is 0 Å². The van der Waals surface area contributed by atoms with E-state index < -0.39 is 65.4 Å². The predicted octanol–water partition coefficient (Wildman–Crippen LogP) is 2.37. The third kappa shape index (κ3) is 5.49. The first-order chi connectivity index (χ1) is 16.6. The molecule has 8 nitrogen and oxygen atoms in total. The summed E-state index contributed by atoms with van der Waals surface area (Å²) >= 11 is 0. The average molecular weight is 517 g/mol. The number of alkyl halides is 4. The minimum atomic E-state index is -5.21. The number of hydrogen-bond acceptors (Lipinski definition) is 5. The Kier molecular flexibility index (Phi) is 7.72. The number of likely N-dealkylation sites (tertiary alicyclic amines) is 2. The number of nitrogens with one attached hydrogen (secondary N) is 1. The smallest absolute Gasteiger partial charge is 0.336 e. The molecular formula is C24H32F4N4O4. The van der Waals surface area contributed by atoms with Gasteiger partial charge in [0.25, 0.3) is 0 Å². The molecule has 0 spiro atoms. The Morgan fingerprint density at radius 1 is 1.03 bits per heavy atom. The average Bonchev–Trinajstić information content (AvgIpc) is 3.36. The summed E-state index contributed by atoms with van der Waals surface area (Å²) in [6.07, 6.45) is -5.63. The predicted molar refractivity (Wildman–Crippen MR) is 119 cm³/mol. The molecule has 3 fully saturated rings. The van der Waals surface area contributed by atoms with E-state index in [4.69, 9.17) is 0 Å². The molecule has 1 aliphatic carbocycles. The summed E-state index contributed by atoms with van der Waals surface area (Å²) in [5, 5.41) is 11.4. The zero-order valence-electron chi connectivity index (χ0n) is 20.8. The standard InChI is InChI=1S/C24H32F4N4O4/c1-12(33)14-7-16(9-29)31(11-14)20(34)18-17-8-15(25)6-5-13(17)10-32(18)21(35)19(23(2,3)4)30-22(36)24(26,27)28/h13-19H,5-8,10-11H2,1-4H3,(H,30,36)/t13?,14-,15+,16-,17-,18-,19+/m0/s1. The molecule has 200 valence electrons. The first kappa shape index (κ1) is 27.9. The second kappa shape index (κ2) is 9.98. The molecule has 2 saturated heterocycles. The number of fused-ring (bicyclic) bond motifs is 1. The van der Waals surface area contributed by atoms with Crippen molar-refractivity contribution in [1.29, 1.82) is 5.26 Å². The highest BCUT2D eigenvalue weighted by molar-refractivity contribution is 5.95. The number of halogens is 4. The number of Topliss-reactive ketones (excluding diaryl/α,β-unsaturated/α-hetero) is 1. The number of ketones is 1. The van der Waals surface area contributed by atoms with E-state index in [0.29, 0.717) is 6.42 Å². The minimum absolute atomic E-state index is 0.00114. The SMILES string of the molecule is CC(=O)[C@H]1C[C@@H](C#N)N(C(=O)[C@@H]2[C@H]3C[C@H](F)CCC3CN2C(=O)[C@@H](NC(=O)C(F)(F)F)C(C)(C)C)C1. The number of carbonyl (C=O) groups excluding carboxylic acids is 4. The molecule has 12 heteroatoms. The lowest BCUT2D eigenvalue weighted by Gasteiger charge is -2.38. The molecule has 2 heterocycles. The van der Waals surface area contributed by atoms with Gasteiger partial charge in [0.1, 0.15) is 30.1 Å². The van der Waals surface area contributed by atoms with E-state index >= 15 is 0 Å². The number of rotatable bonds is 4. The van der Waals surface area contributed by atoms with Gasteiger partial charge in [0.05, 0.1) is 6.07 Å². The van der Waals surface area contributed by atoms with Crippen molar-refractivity contribution in [3.63, 3.8) is 0 Å². The van der Waals surface area contributed by atoms with Gasteiger partial charge in [-0.25, -0.2) is 4.39 Å². The van der Waals surface area contributed by atoms with E-state index in [-0.39, 0.29) is 44.1 Å². The molecule has 7 atom stereocenters. The Labute approximate surface area is 207 Å². The quantitative estimate of drug-likeness (QED) is 0.577. The zero-order chi connectivity index (χ0) is 27.2. The normalized spacial score (nSPS) is 31.4. The van der Waals surface area contributed by atoms with Crippen molar-refractivity contribution >= 4 is 23.5 Å². The Morgan fingerprint density at radius 3 is 2.19 bits per heavy atom. The molecule has 0 aromatic rings. The van der Waals surface area contributed by atoms with Gasteiger partial charge >= 0.3 is 12.1 Å². The first-order valence-electron chi connectivity index (χ1n) is 12.1. The molecular weight excluding hydrogens is 484 g/mol. The molecule has 1 saturated carbocycles. The second-order valence-electron chi connectivity index (χ2n) is 11.2. The summed E-state index contributed by atoms with van der Waals surface area (Å²) in [6, 6.07) is -1.69. The zero-order valence-corrected chi connectivity index (χ0v) is 20.8. The molecule has 3 amide bonds. The van der Waals surface area contributed by atoms with Gasteiger partial charge in [0, 0.05) is 19.0 Å². The van der Waals surface area contributed by atoms with Gasteiger partial charge < -0.3 is 15.1 Å². The molecule has 0 aromatic heterocycles. The van der Waals surface area contributed by atoms with Crippen molar-refractivity contribution in [2.24, 2.45) is 23.2 Å². The van der Waals surface area contributed by atoms with Crippen LogP contribution in [0.1, 0.15) is 53.4 Å². The Bertz CT molecular complexity index is 957. The summed E-state index contributed by atoms with van der Waals surface area (Å²) in [7, 11) is 0. The van der Waals surface area contributed by atoms with Crippen LogP contribution in [-0.2, 0) is 19.2 Å². The van der Waals surface area contributed by atoms with Crippen LogP contribution in [0.5, 0.6) is 0 Å². The molecule has 1 unspecified atom stereocenters. The largest absolute Gasteiger partial charge is 0.471 e. The highest BCUT2D eigenvalue weighted by atomic mass is 19.4. The minimum Gasteiger partial charge on any atom is -0.336 e. The summed E-state index contributed by atoms with van der Waals surface area (Å²) in [5.74, 6) is -5.32. The molecule has 36 heavy (non-hydrogen) atoms. The molecule has 3 rings (SSSR count). The fourth-order valence-corrected chi connectivity index (χ4v) is 5.66. The van der Waals surface area contributed by atoms with Crippen molar-refractivity contribution in [3.05, 3.63) is 0 Å². The molecule has 1 N–H and O–H groups in total. The van der Waals surface area contributed by atoms with E-state index in [1.54, 1.807) is 5.32 Å². The Morgan fingerprint density at radius 2 is 1.67 bits per heavy atom. The van der Waals surface area contributed by atoms with Crippen LogP contribution in [-0.4, -0.2) is 76.9 Å². The second-order valence-corrected chi connectivity index (χ2v) is 11.2. The summed E-state index contributed by atoms with van der Waals surface area (Å²) in [4.78, 5) is 53.6. The summed E-state index contributed by atoms with van der Waals surface area (Å²) in [6.45, 7) is 5.85. The highest BCUT2D eigenvalue weighted by Gasteiger charge is 2.55. The monoisotopic (exact) mass is 516 g/mol. The maximum Gasteiger partial charge on any atom is 0.471 e. The van der Waals surface area contributed by atoms with Crippen LogP contribution >= 0.6 is 0 Å². The van der Waals surface area contributed by atoms with E-state index in [9.17, 15) is 42.0 Å². The molecule has 3 aliphatic rings. The van der Waals surface area contributed by atoms with Crippen molar-refractivity contribution < 1.29 is 36.7 Å². The van der Waals surface area contributed by atoms with Crippen molar-refractivity contribution in [2.75, 3.05) is 13.1 Å². The number of amides is 3.